The molecule has 0 spiro atoms. The predicted molar refractivity (Wildman–Crippen MR) is 56.4 cm³/mol. The Hall–Kier alpha value is -1.28. The van der Waals surface area contributed by atoms with Crippen LogP contribution in [-0.4, -0.2) is 11.6 Å². The molecule has 72 valence electrons. The Morgan fingerprint density at radius 3 is 3.14 bits per heavy atom. The van der Waals surface area contributed by atoms with Gasteiger partial charge in [-0.1, -0.05) is 18.2 Å². The van der Waals surface area contributed by atoms with Crippen molar-refractivity contribution in [3.63, 3.8) is 0 Å². The van der Waals surface area contributed by atoms with Gasteiger partial charge in [0.25, 0.3) is 0 Å². The molecule has 0 saturated carbocycles. The van der Waals surface area contributed by atoms with Gasteiger partial charge in [0.05, 0.1) is 12.7 Å². The topological polar surface area (TPSA) is 25.0 Å². The summed E-state index contributed by atoms with van der Waals surface area (Å²) in [7, 11) is 0. The van der Waals surface area contributed by atoms with E-state index in [2.05, 4.69) is 36.2 Å². The average molecular weight is 187 g/mol. The van der Waals surface area contributed by atoms with Crippen molar-refractivity contribution in [2.45, 2.75) is 19.4 Å². The maximum absolute atomic E-state index is 5.60. The molecule has 14 heavy (non-hydrogen) atoms. The second kappa shape index (κ2) is 2.85. The minimum Gasteiger partial charge on any atom is -0.372 e. The Labute approximate surface area is 82.9 Å². The zero-order chi connectivity index (χ0) is 9.54. The van der Waals surface area contributed by atoms with Crippen LogP contribution in [0.1, 0.15) is 24.3 Å². The van der Waals surface area contributed by atoms with E-state index in [4.69, 9.17) is 4.74 Å². The van der Waals surface area contributed by atoms with Crippen molar-refractivity contribution in [3.05, 3.63) is 35.5 Å². The summed E-state index contributed by atoms with van der Waals surface area (Å²) in [6.45, 7) is 2.95. The molecule has 0 radical (unpaired) electrons. The van der Waals surface area contributed by atoms with E-state index in [1.54, 1.807) is 0 Å². The van der Waals surface area contributed by atoms with Crippen LogP contribution in [0.15, 0.2) is 24.3 Å². The van der Waals surface area contributed by atoms with E-state index in [1.807, 2.05) is 0 Å². The van der Waals surface area contributed by atoms with Gasteiger partial charge in [-0.2, -0.15) is 0 Å². The highest BCUT2D eigenvalue weighted by Crippen LogP contribution is 2.31. The molecule has 0 aliphatic carbocycles. The lowest BCUT2D eigenvalue weighted by molar-refractivity contribution is 0.0533. The van der Waals surface area contributed by atoms with Crippen LogP contribution in [0.3, 0.4) is 0 Å². The van der Waals surface area contributed by atoms with Crippen molar-refractivity contribution in [2.75, 3.05) is 6.61 Å². The van der Waals surface area contributed by atoms with Gasteiger partial charge in [-0.25, -0.2) is 0 Å². The number of hydrogen-bond donors (Lipinski definition) is 1. The largest absolute Gasteiger partial charge is 0.372 e. The smallest absolute Gasteiger partial charge is 0.0947 e. The zero-order valence-corrected chi connectivity index (χ0v) is 8.21. The number of aromatic nitrogens is 1. The molecule has 0 fully saturated rings. The molecular weight excluding hydrogens is 174 g/mol. The third-order valence-corrected chi connectivity index (χ3v) is 2.97. The number of para-hydroxylation sites is 1. The molecule has 2 heteroatoms. The van der Waals surface area contributed by atoms with Gasteiger partial charge >= 0.3 is 0 Å². The Balaban J connectivity index is 2.32. The number of fused-ring (bicyclic) bond motifs is 3. The van der Waals surface area contributed by atoms with Gasteiger partial charge in [0.2, 0.25) is 0 Å². The fraction of sp³-hybridized carbons (Fsp3) is 0.333. The normalized spacial score (nSPS) is 21.1. The Kier molecular flexibility index (Phi) is 1.64. The quantitative estimate of drug-likeness (QED) is 0.674. The fourth-order valence-electron chi connectivity index (χ4n) is 2.26. The Bertz CT molecular complexity index is 472. The molecule has 2 aromatic rings. The molecule has 2 heterocycles. The van der Waals surface area contributed by atoms with Gasteiger partial charge in [0.1, 0.15) is 0 Å². The summed E-state index contributed by atoms with van der Waals surface area (Å²) < 4.78 is 5.60. The number of benzene rings is 1. The summed E-state index contributed by atoms with van der Waals surface area (Å²) in [5, 5.41) is 1.36. The van der Waals surface area contributed by atoms with E-state index in [0.717, 1.165) is 13.0 Å². The van der Waals surface area contributed by atoms with Crippen molar-refractivity contribution < 1.29 is 4.74 Å². The highest BCUT2D eigenvalue weighted by atomic mass is 16.5. The molecular formula is C12H13NO. The Morgan fingerprint density at radius 2 is 2.21 bits per heavy atom. The van der Waals surface area contributed by atoms with Crippen molar-refractivity contribution in [2.24, 2.45) is 0 Å². The molecule has 3 rings (SSSR count). The van der Waals surface area contributed by atoms with E-state index >= 15 is 0 Å². The summed E-state index contributed by atoms with van der Waals surface area (Å²) in [6.07, 6.45) is 1.25. The average Bonchev–Trinajstić information content (AvgIpc) is 2.59. The van der Waals surface area contributed by atoms with Gasteiger partial charge < -0.3 is 9.72 Å². The lowest BCUT2D eigenvalue weighted by atomic mass is 10.0. The second-order valence-electron chi connectivity index (χ2n) is 3.83. The van der Waals surface area contributed by atoms with Crippen LogP contribution in [0.25, 0.3) is 10.9 Å². The SMILES string of the molecule is CC1OCCc2c1[nH]c1ccccc21. The van der Waals surface area contributed by atoms with Crippen molar-refractivity contribution in [3.8, 4) is 0 Å². The molecule has 1 aliphatic heterocycles. The van der Waals surface area contributed by atoms with Crippen LogP contribution in [-0.2, 0) is 11.2 Å². The lowest BCUT2D eigenvalue weighted by Crippen LogP contribution is -2.12. The van der Waals surface area contributed by atoms with Crippen LogP contribution in [0, 0.1) is 0 Å². The number of aromatic amines is 1. The zero-order valence-electron chi connectivity index (χ0n) is 8.21. The molecule has 1 aliphatic rings. The molecule has 1 unspecified atom stereocenters. The van der Waals surface area contributed by atoms with Crippen molar-refractivity contribution in [1.29, 1.82) is 0 Å². The Morgan fingerprint density at radius 1 is 1.36 bits per heavy atom. The van der Waals surface area contributed by atoms with Crippen LogP contribution in [0.2, 0.25) is 0 Å². The maximum atomic E-state index is 5.60. The number of H-pyrrole nitrogens is 1. The molecule has 2 nitrogen and oxygen atoms in total. The van der Waals surface area contributed by atoms with Crippen LogP contribution in [0.4, 0.5) is 0 Å². The predicted octanol–water partition coefficient (Wildman–Crippen LogP) is 2.80. The standard InChI is InChI=1S/C12H13NO/c1-8-12-10(6-7-14-8)9-4-2-3-5-11(9)13-12/h2-5,8,13H,6-7H2,1H3. The second-order valence-corrected chi connectivity index (χ2v) is 3.83. The molecule has 0 amide bonds. The van der Waals surface area contributed by atoms with E-state index in [0.29, 0.717) is 0 Å². The van der Waals surface area contributed by atoms with E-state index in [1.165, 1.54) is 22.2 Å². The summed E-state index contributed by atoms with van der Waals surface area (Å²) in [4.78, 5) is 3.44. The van der Waals surface area contributed by atoms with E-state index < -0.39 is 0 Å². The fourth-order valence-corrected chi connectivity index (χ4v) is 2.26. The molecule has 1 atom stereocenters. The van der Waals surface area contributed by atoms with Crippen molar-refractivity contribution in [1.82, 2.24) is 4.98 Å². The van der Waals surface area contributed by atoms with Crippen molar-refractivity contribution >= 4 is 10.9 Å². The molecule has 0 bridgehead atoms. The van der Waals surface area contributed by atoms with Gasteiger partial charge in [-0.05, 0) is 25.0 Å². The molecule has 1 aromatic heterocycles. The monoisotopic (exact) mass is 187 g/mol. The number of nitrogens with one attached hydrogen (secondary N) is 1. The highest BCUT2D eigenvalue weighted by molar-refractivity contribution is 5.84. The van der Waals surface area contributed by atoms with E-state index in [-0.39, 0.29) is 6.10 Å². The first kappa shape index (κ1) is 8.06. The number of hydrogen-bond acceptors (Lipinski definition) is 1. The van der Waals surface area contributed by atoms with Gasteiger partial charge in [-0.15, -0.1) is 0 Å². The van der Waals surface area contributed by atoms with Crippen LogP contribution >= 0.6 is 0 Å². The molecule has 0 saturated heterocycles. The third kappa shape index (κ3) is 1.01. The summed E-state index contributed by atoms with van der Waals surface area (Å²) in [5.74, 6) is 0. The van der Waals surface area contributed by atoms with Gasteiger partial charge in [0, 0.05) is 16.6 Å². The first-order valence-electron chi connectivity index (χ1n) is 5.07. The first-order valence-corrected chi connectivity index (χ1v) is 5.07. The lowest BCUT2D eigenvalue weighted by Gasteiger charge is -2.19. The number of ether oxygens (including phenoxy) is 1. The van der Waals surface area contributed by atoms with E-state index in [9.17, 15) is 0 Å². The van der Waals surface area contributed by atoms with Crippen LogP contribution < -0.4 is 0 Å². The maximum Gasteiger partial charge on any atom is 0.0947 e. The molecule has 1 aromatic carbocycles. The summed E-state index contributed by atoms with van der Waals surface area (Å²) in [6, 6.07) is 8.47. The van der Waals surface area contributed by atoms with Crippen LogP contribution in [0.5, 0.6) is 0 Å². The summed E-state index contributed by atoms with van der Waals surface area (Å²) >= 11 is 0. The summed E-state index contributed by atoms with van der Waals surface area (Å²) in [5.41, 5.74) is 3.94. The first-order chi connectivity index (χ1) is 6.86. The van der Waals surface area contributed by atoms with Gasteiger partial charge in [-0.3, -0.25) is 0 Å². The minimum atomic E-state index is 0.214. The third-order valence-electron chi connectivity index (χ3n) is 2.97. The number of rotatable bonds is 0. The highest BCUT2D eigenvalue weighted by Gasteiger charge is 2.20. The minimum absolute atomic E-state index is 0.214. The molecule has 1 N–H and O–H groups in total. The van der Waals surface area contributed by atoms with Gasteiger partial charge in [0.15, 0.2) is 0 Å².